The SMILES string of the molecule is CC(C)(C)Sc1ncccc1[C@@H]1CCCN1C=O. The van der Waals surface area contributed by atoms with Crippen LogP contribution in [0, 0.1) is 0 Å². The van der Waals surface area contributed by atoms with Gasteiger partial charge in [0.2, 0.25) is 6.41 Å². The van der Waals surface area contributed by atoms with Crippen LogP contribution >= 0.6 is 11.8 Å². The number of rotatable bonds is 3. The molecule has 0 spiro atoms. The number of carbonyl (C=O) groups is 1. The molecule has 0 saturated carbocycles. The number of carbonyl (C=O) groups excluding carboxylic acids is 1. The van der Waals surface area contributed by atoms with Crippen molar-refractivity contribution < 1.29 is 4.79 Å². The molecule has 1 aliphatic heterocycles. The Morgan fingerprint density at radius 1 is 1.50 bits per heavy atom. The van der Waals surface area contributed by atoms with Gasteiger partial charge < -0.3 is 4.90 Å². The van der Waals surface area contributed by atoms with E-state index in [9.17, 15) is 4.79 Å². The van der Waals surface area contributed by atoms with E-state index in [0.717, 1.165) is 30.8 Å². The Kier molecular flexibility index (Phi) is 3.95. The normalized spacial score (nSPS) is 20.2. The Morgan fingerprint density at radius 2 is 2.28 bits per heavy atom. The van der Waals surface area contributed by atoms with Crippen molar-refractivity contribution in [3.63, 3.8) is 0 Å². The molecule has 98 valence electrons. The molecular weight excluding hydrogens is 244 g/mol. The molecule has 1 aliphatic rings. The Morgan fingerprint density at radius 3 is 2.94 bits per heavy atom. The van der Waals surface area contributed by atoms with Crippen molar-refractivity contribution in [1.29, 1.82) is 0 Å². The summed E-state index contributed by atoms with van der Waals surface area (Å²) >= 11 is 1.77. The van der Waals surface area contributed by atoms with Crippen molar-refractivity contribution in [2.75, 3.05) is 6.54 Å². The standard InChI is InChI=1S/C14H20N2OS/c1-14(2,3)18-13-11(6-4-8-15-13)12-7-5-9-16(12)10-17/h4,6,8,10,12H,5,7,9H2,1-3H3/t12-/m0/s1. The zero-order valence-electron chi connectivity index (χ0n) is 11.2. The Bertz CT molecular complexity index is 428. The zero-order chi connectivity index (χ0) is 13.2. The third kappa shape index (κ3) is 3.05. The molecule has 1 atom stereocenters. The predicted octanol–water partition coefficient (Wildman–Crippen LogP) is 3.27. The maximum atomic E-state index is 11.1. The molecule has 2 rings (SSSR count). The molecule has 1 aromatic rings. The molecule has 1 aromatic heterocycles. The van der Waals surface area contributed by atoms with Gasteiger partial charge in [-0.15, -0.1) is 11.8 Å². The number of likely N-dealkylation sites (tertiary alicyclic amines) is 1. The van der Waals surface area contributed by atoms with E-state index in [4.69, 9.17) is 0 Å². The molecule has 1 saturated heterocycles. The average molecular weight is 264 g/mol. The fourth-order valence-electron chi connectivity index (χ4n) is 2.28. The lowest BCUT2D eigenvalue weighted by atomic mass is 10.1. The molecule has 0 aliphatic carbocycles. The highest BCUT2D eigenvalue weighted by atomic mass is 32.2. The van der Waals surface area contributed by atoms with E-state index >= 15 is 0 Å². The van der Waals surface area contributed by atoms with Crippen molar-refractivity contribution >= 4 is 18.2 Å². The molecule has 2 heterocycles. The zero-order valence-corrected chi connectivity index (χ0v) is 12.0. The maximum Gasteiger partial charge on any atom is 0.210 e. The summed E-state index contributed by atoms with van der Waals surface area (Å²) in [4.78, 5) is 17.5. The summed E-state index contributed by atoms with van der Waals surface area (Å²) in [6.07, 6.45) is 4.92. The molecule has 1 amide bonds. The lowest BCUT2D eigenvalue weighted by Crippen LogP contribution is -2.22. The van der Waals surface area contributed by atoms with Gasteiger partial charge in [0.05, 0.1) is 6.04 Å². The molecule has 4 heteroatoms. The van der Waals surface area contributed by atoms with Crippen LogP contribution in [-0.4, -0.2) is 27.6 Å². The molecule has 0 unspecified atom stereocenters. The largest absolute Gasteiger partial charge is 0.338 e. The van der Waals surface area contributed by atoms with Crippen LogP contribution in [0.5, 0.6) is 0 Å². The number of aromatic nitrogens is 1. The van der Waals surface area contributed by atoms with E-state index in [1.807, 2.05) is 17.2 Å². The van der Waals surface area contributed by atoms with Crippen LogP contribution in [0.4, 0.5) is 0 Å². The number of amides is 1. The molecule has 0 N–H and O–H groups in total. The van der Waals surface area contributed by atoms with Crippen LogP contribution in [0.3, 0.4) is 0 Å². The van der Waals surface area contributed by atoms with Gasteiger partial charge in [0.1, 0.15) is 5.03 Å². The minimum absolute atomic E-state index is 0.133. The van der Waals surface area contributed by atoms with Gasteiger partial charge in [-0.25, -0.2) is 4.98 Å². The summed E-state index contributed by atoms with van der Waals surface area (Å²) in [6, 6.07) is 4.28. The second kappa shape index (κ2) is 5.31. The van der Waals surface area contributed by atoms with Crippen LogP contribution in [0.25, 0.3) is 0 Å². The summed E-state index contributed by atoms with van der Waals surface area (Å²) in [7, 11) is 0. The summed E-state index contributed by atoms with van der Waals surface area (Å²) in [5.41, 5.74) is 1.20. The van der Waals surface area contributed by atoms with Crippen molar-refractivity contribution in [2.45, 2.75) is 49.4 Å². The molecule has 0 radical (unpaired) electrons. The fourth-order valence-corrected chi connectivity index (χ4v) is 3.30. The van der Waals surface area contributed by atoms with E-state index in [-0.39, 0.29) is 10.8 Å². The first kappa shape index (κ1) is 13.4. The monoisotopic (exact) mass is 264 g/mol. The minimum Gasteiger partial charge on any atom is -0.338 e. The number of thioether (sulfide) groups is 1. The number of pyridine rings is 1. The Labute approximate surface area is 113 Å². The van der Waals surface area contributed by atoms with Crippen LogP contribution in [-0.2, 0) is 4.79 Å². The molecule has 1 fully saturated rings. The van der Waals surface area contributed by atoms with Crippen LogP contribution in [0.15, 0.2) is 23.4 Å². The Balaban J connectivity index is 2.29. The van der Waals surface area contributed by atoms with E-state index in [2.05, 4.69) is 31.8 Å². The van der Waals surface area contributed by atoms with E-state index in [1.54, 1.807) is 11.8 Å². The Hall–Kier alpha value is -1.03. The molecular formula is C14H20N2OS. The highest BCUT2D eigenvalue weighted by molar-refractivity contribution is 8.00. The van der Waals surface area contributed by atoms with Crippen molar-refractivity contribution in [1.82, 2.24) is 9.88 Å². The molecule has 0 aromatic carbocycles. The van der Waals surface area contributed by atoms with Gasteiger partial charge in [0.25, 0.3) is 0 Å². The highest BCUT2D eigenvalue weighted by Crippen LogP contribution is 2.39. The van der Waals surface area contributed by atoms with E-state index in [1.165, 1.54) is 5.56 Å². The van der Waals surface area contributed by atoms with Crippen molar-refractivity contribution in [3.05, 3.63) is 23.9 Å². The second-order valence-corrected chi connectivity index (χ2v) is 7.43. The van der Waals surface area contributed by atoms with Crippen molar-refractivity contribution in [2.24, 2.45) is 0 Å². The van der Waals surface area contributed by atoms with E-state index in [0.29, 0.717) is 0 Å². The molecule has 18 heavy (non-hydrogen) atoms. The maximum absolute atomic E-state index is 11.1. The lowest BCUT2D eigenvalue weighted by molar-refractivity contribution is -0.118. The summed E-state index contributed by atoms with van der Waals surface area (Å²) in [5, 5.41) is 1.06. The van der Waals surface area contributed by atoms with Gasteiger partial charge in [-0.2, -0.15) is 0 Å². The van der Waals surface area contributed by atoms with Gasteiger partial charge in [-0.1, -0.05) is 26.8 Å². The highest BCUT2D eigenvalue weighted by Gasteiger charge is 2.28. The van der Waals surface area contributed by atoms with Gasteiger partial charge in [-0.3, -0.25) is 4.79 Å². The third-order valence-electron chi connectivity index (χ3n) is 2.99. The van der Waals surface area contributed by atoms with Crippen molar-refractivity contribution in [3.8, 4) is 0 Å². The predicted molar refractivity (Wildman–Crippen MR) is 74.6 cm³/mol. The van der Waals surface area contributed by atoms with Gasteiger partial charge in [-0.05, 0) is 18.9 Å². The molecule has 0 bridgehead atoms. The number of hydrogen-bond acceptors (Lipinski definition) is 3. The quantitative estimate of drug-likeness (QED) is 0.620. The smallest absolute Gasteiger partial charge is 0.210 e. The van der Waals surface area contributed by atoms with E-state index < -0.39 is 0 Å². The first-order valence-electron chi connectivity index (χ1n) is 6.36. The van der Waals surface area contributed by atoms with Crippen LogP contribution in [0.2, 0.25) is 0 Å². The first-order chi connectivity index (χ1) is 8.51. The second-order valence-electron chi connectivity index (χ2n) is 5.61. The summed E-state index contributed by atoms with van der Waals surface area (Å²) < 4.78 is 0.133. The molecule has 3 nitrogen and oxygen atoms in total. The van der Waals surface area contributed by atoms with Crippen LogP contribution < -0.4 is 0 Å². The summed E-state index contributed by atoms with van der Waals surface area (Å²) in [5.74, 6) is 0. The topological polar surface area (TPSA) is 33.2 Å². The minimum atomic E-state index is 0.133. The van der Waals surface area contributed by atoms with Gasteiger partial charge in [0, 0.05) is 23.1 Å². The van der Waals surface area contributed by atoms with Gasteiger partial charge in [0.15, 0.2) is 0 Å². The van der Waals surface area contributed by atoms with Crippen LogP contribution in [0.1, 0.15) is 45.2 Å². The average Bonchev–Trinajstić information content (AvgIpc) is 2.75. The first-order valence-corrected chi connectivity index (χ1v) is 7.18. The lowest BCUT2D eigenvalue weighted by Gasteiger charge is -2.24. The third-order valence-corrected chi connectivity index (χ3v) is 4.14. The van der Waals surface area contributed by atoms with Gasteiger partial charge >= 0.3 is 0 Å². The number of hydrogen-bond donors (Lipinski definition) is 0. The number of nitrogens with zero attached hydrogens (tertiary/aromatic N) is 2. The summed E-state index contributed by atoms with van der Waals surface area (Å²) in [6.45, 7) is 7.41. The fraction of sp³-hybridized carbons (Fsp3) is 0.571.